The Morgan fingerprint density at radius 2 is 1.85 bits per heavy atom. The summed E-state index contributed by atoms with van der Waals surface area (Å²) >= 11 is 0. The SMILES string of the molecule is CC(C)c1ccccc1OCc1cc(F)ccc1CN. The normalized spacial score (nSPS) is 10.8. The minimum atomic E-state index is -0.266. The minimum absolute atomic E-state index is 0.266. The molecular weight excluding hydrogens is 253 g/mol. The molecule has 0 aliphatic carbocycles. The first-order chi connectivity index (χ1) is 9.61. The van der Waals surface area contributed by atoms with E-state index < -0.39 is 0 Å². The summed E-state index contributed by atoms with van der Waals surface area (Å²) in [7, 11) is 0. The Bertz CT molecular complexity index is 581. The predicted molar refractivity (Wildman–Crippen MR) is 79.2 cm³/mol. The van der Waals surface area contributed by atoms with Crippen LogP contribution in [0.1, 0.15) is 36.5 Å². The molecule has 3 heteroatoms. The van der Waals surface area contributed by atoms with Crippen LogP contribution in [-0.4, -0.2) is 0 Å². The van der Waals surface area contributed by atoms with Crippen molar-refractivity contribution in [2.75, 3.05) is 0 Å². The van der Waals surface area contributed by atoms with Gasteiger partial charge in [-0.1, -0.05) is 38.1 Å². The number of hydrogen-bond donors (Lipinski definition) is 1. The van der Waals surface area contributed by atoms with Crippen LogP contribution in [0.25, 0.3) is 0 Å². The first-order valence-corrected chi connectivity index (χ1v) is 6.81. The lowest BCUT2D eigenvalue weighted by Gasteiger charge is -2.15. The second-order valence-corrected chi connectivity index (χ2v) is 5.10. The predicted octanol–water partition coefficient (Wildman–Crippen LogP) is 3.99. The summed E-state index contributed by atoms with van der Waals surface area (Å²) in [4.78, 5) is 0. The summed E-state index contributed by atoms with van der Waals surface area (Å²) in [5.74, 6) is 0.959. The molecule has 0 saturated carbocycles. The van der Waals surface area contributed by atoms with Crippen LogP contribution in [0.3, 0.4) is 0 Å². The first-order valence-electron chi connectivity index (χ1n) is 6.81. The van der Waals surface area contributed by atoms with Gasteiger partial charge in [0.2, 0.25) is 0 Å². The van der Waals surface area contributed by atoms with Crippen molar-refractivity contribution in [3.63, 3.8) is 0 Å². The Morgan fingerprint density at radius 1 is 1.10 bits per heavy atom. The maximum Gasteiger partial charge on any atom is 0.123 e. The van der Waals surface area contributed by atoms with E-state index in [0.717, 1.165) is 22.4 Å². The molecule has 2 aromatic carbocycles. The van der Waals surface area contributed by atoms with Crippen LogP contribution >= 0.6 is 0 Å². The quantitative estimate of drug-likeness (QED) is 0.894. The molecule has 0 atom stereocenters. The lowest BCUT2D eigenvalue weighted by atomic mass is 10.0. The summed E-state index contributed by atoms with van der Waals surface area (Å²) in [6.07, 6.45) is 0. The molecule has 0 spiro atoms. The van der Waals surface area contributed by atoms with Crippen LogP contribution in [0.15, 0.2) is 42.5 Å². The van der Waals surface area contributed by atoms with Crippen molar-refractivity contribution in [1.29, 1.82) is 0 Å². The van der Waals surface area contributed by atoms with Crippen LogP contribution in [0, 0.1) is 5.82 Å². The average Bonchev–Trinajstić information content (AvgIpc) is 2.45. The van der Waals surface area contributed by atoms with Crippen molar-refractivity contribution < 1.29 is 9.13 Å². The van der Waals surface area contributed by atoms with Gasteiger partial charge in [0.25, 0.3) is 0 Å². The van der Waals surface area contributed by atoms with Gasteiger partial charge in [-0.05, 0) is 40.8 Å². The molecule has 20 heavy (non-hydrogen) atoms. The summed E-state index contributed by atoms with van der Waals surface area (Å²) in [6, 6.07) is 12.6. The molecule has 0 aromatic heterocycles. The Morgan fingerprint density at radius 3 is 2.55 bits per heavy atom. The van der Waals surface area contributed by atoms with Crippen LogP contribution < -0.4 is 10.5 Å². The second-order valence-electron chi connectivity index (χ2n) is 5.10. The average molecular weight is 273 g/mol. The smallest absolute Gasteiger partial charge is 0.123 e. The number of hydrogen-bond acceptors (Lipinski definition) is 2. The number of halogens is 1. The Hall–Kier alpha value is -1.87. The Labute approximate surface area is 119 Å². The van der Waals surface area contributed by atoms with E-state index in [2.05, 4.69) is 19.9 Å². The number of para-hydroxylation sites is 1. The van der Waals surface area contributed by atoms with Crippen molar-refractivity contribution in [2.24, 2.45) is 5.73 Å². The van der Waals surface area contributed by atoms with E-state index in [1.54, 1.807) is 6.07 Å². The molecule has 0 aliphatic rings. The van der Waals surface area contributed by atoms with Gasteiger partial charge in [0.1, 0.15) is 18.2 Å². The first kappa shape index (κ1) is 14.5. The van der Waals surface area contributed by atoms with Crippen LogP contribution in [0.4, 0.5) is 4.39 Å². The van der Waals surface area contributed by atoms with E-state index in [4.69, 9.17) is 10.5 Å². The fourth-order valence-electron chi connectivity index (χ4n) is 2.17. The lowest BCUT2D eigenvalue weighted by molar-refractivity contribution is 0.300. The van der Waals surface area contributed by atoms with Gasteiger partial charge in [-0.3, -0.25) is 0 Å². The molecule has 0 heterocycles. The molecule has 2 N–H and O–H groups in total. The highest BCUT2D eigenvalue weighted by Gasteiger charge is 2.09. The van der Waals surface area contributed by atoms with E-state index in [-0.39, 0.29) is 5.82 Å². The van der Waals surface area contributed by atoms with Gasteiger partial charge in [-0.15, -0.1) is 0 Å². The molecule has 0 aliphatic heterocycles. The molecule has 2 aromatic rings. The zero-order valence-electron chi connectivity index (χ0n) is 11.9. The van der Waals surface area contributed by atoms with Crippen LogP contribution in [0.2, 0.25) is 0 Å². The van der Waals surface area contributed by atoms with Crippen molar-refractivity contribution in [3.05, 3.63) is 65.0 Å². The minimum Gasteiger partial charge on any atom is -0.489 e. The third-order valence-electron chi connectivity index (χ3n) is 3.31. The lowest BCUT2D eigenvalue weighted by Crippen LogP contribution is -2.06. The van der Waals surface area contributed by atoms with Gasteiger partial charge in [-0.2, -0.15) is 0 Å². The third kappa shape index (κ3) is 3.36. The van der Waals surface area contributed by atoms with Crippen molar-refractivity contribution in [1.82, 2.24) is 0 Å². The molecule has 0 unspecified atom stereocenters. The highest BCUT2D eigenvalue weighted by Crippen LogP contribution is 2.27. The second kappa shape index (κ2) is 6.53. The zero-order valence-corrected chi connectivity index (χ0v) is 11.9. The van der Waals surface area contributed by atoms with Crippen LogP contribution in [-0.2, 0) is 13.2 Å². The molecule has 106 valence electrons. The van der Waals surface area contributed by atoms with Crippen molar-refractivity contribution >= 4 is 0 Å². The number of benzene rings is 2. The fourth-order valence-corrected chi connectivity index (χ4v) is 2.17. The maximum absolute atomic E-state index is 13.3. The molecule has 0 radical (unpaired) electrons. The summed E-state index contributed by atoms with van der Waals surface area (Å²) in [6.45, 7) is 4.95. The van der Waals surface area contributed by atoms with Gasteiger partial charge < -0.3 is 10.5 Å². The molecule has 2 rings (SSSR count). The molecule has 0 bridgehead atoms. The third-order valence-corrected chi connectivity index (χ3v) is 3.31. The highest BCUT2D eigenvalue weighted by atomic mass is 19.1. The van der Waals surface area contributed by atoms with Crippen molar-refractivity contribution in [3.8, 4) is 5.75 Å². The van der Waals surface area contributed by atoms with E-state index in [1.165, 1.54) is 12.1 Å². The standard InChI is InChI=1S/C17H20FNO/c1-12(2)16-5-3-4-6-17(16)20-11-14-9-15(18)8-7-13(14)10-19/h3-9,12H,10-11,19H2,1-2H3. The molecule has 2 nitrogen and oxygen atoms in total. The van der Waals surface area contributed by atoms with E-state index in [0.29, 0.717) is 19.1 Å². The van der Waals surface area contributed by atoms with Gasteiger partial charge in [0.05, 0.1) is 0 Å². The van der Waals surface area contributed by atoms with Crippen LogP contribution in [0.5, 0.6) is 5.75 Å². The largest absolute Gasteiger partial charge is 0.489 e. The summed E-state index contributed by atoms with van der Waals surface area (Å²) < 4.78 is 19.2. The summed E-state index contributed by atoms with van der Waals surface area (Å²) in [5, 5.41) is 0. The molecule has 0 amide bonds. The van der Waals surface area contributed by atoms with Crippen molar-refractivity contribution in [2.45, 2.75) is 32.9 Å². The van der Waals surface area contributed by atoms with Gasteiger partial charge in [-0.25, -0.2) is 4.39 Å². The monoisotopic (exact) mass is 273 g/mol. The van der Waals surface area contributed by atoms with E-state index in [1.807, 2.05) is 18.2 Å². The van der Waals surface area contributed by atoms with E-state index in [9.17, 15) is 4.39 Å². The number of ether oxygens (including phenoxy) is 1. The van der Waals surface area contributed by atoms with E-state index >= 15 is 0 Å². The van der Waals surface area contributed by atoms with Gasteiger partial charge >= 0.3 is 0 Å². The molecule has 0 fully saturated rings. The van der Waals surface area contributed by atoms with Gasteiger partial charge in [0.15, 0.2) is 0 Å². The Kier molecular flexibility index (Phi) is 4.74. The highest BCUT2D eigenvalue weighted by molar-refractivity contribution is 5.36. The maximum atomic E-state index is 13.3. The fraction of sp³-hybridized carbons (Fsp3) is 0.294. The Balaban J connectivity index is 2.19. The topological polar surface area (TPSA) is 35.2 Å². The van der Waals surface area contributed by atoms with Gasteiger partial charge in [0, 0.05) is 6.54 Å². The number of nitrogens with two attached hydrogens (primary N) is 1. The number of rotatable bonds is 5. The molecule has 0 saturated heterocycles. The molecular formula is C17H20FNO. The zero-order chi connectivity index (χ0) is 14.5. The summed E-state index contributed by atoms with van der Waals surface area (Å²) in [5.41, 5.74) is 8.53.